The summed E-state index contributed by atoms with van der Waals surface area (Å²) in [6.45, 7) is 2.73. The standard InChI is InChI=1S/C7H11NO/c1-6-5-8(2)4-3-7(6)9/h5H,3-4H2,1-2H3. The lowest BCUT2D eigenvalue weighted by molar-refractivity contribution is -0.116. The van der Waals surface area contributed by atoms with E-state index >= 15 is 0 Å². The van der Waals surface area contributed by atoms with E-state index in [0.29, 0.717) is 6.42 Å². The first kappa shape index (κ1) is 6.33. The smallest absolute Gasteiger partial charge is 0.161 e. The van der Waals surface area contributed by atoms with Crippen molar-refractivity contribution in [3.63, 3.8) is 0 Å². The first-order valence-corrected chi connectivity index (χ1v) is 3.12. The summed E-state index contributed by atoms with van der Waals surface area (Å²) in [5, 5.41) is 0. The highest BCUT2D eigenvalue weighted by Gasteiger charge is 2.10. The summed E-state index contributed by atoms with van der Waals surface area (Å²) < 4.78 is 0. The Morgan fingerprint density at radius 1 is 1.67 bits per heavy atom. The molecule has 0 aromatic rings. The van der Waals surface area contributed by atoms with Crippen LogP contribution < -0.4 is 0 Å². The van der Waals surface area contributed by atoms with Crippen molar-refractivity contribution in [3.8, 4) is 0 Å². The van der Waals surface area contributed by atoms with E-state index in [4.69, 9.17) is 0 Å². The topological polar surface area (TPSA) is 20.3 Å². The fraction of sp³-hybridized carbons (Fsp3) is 0.571. The first-order chi connectivity index (χ1) is 4.20. The van der Waals surface area contributed by atoms with Gasteiger partial charge in [0.2, 0.25) is 0 Å². The number of ketones is 1. The normalized spacial score (nSPS) is 20.0. The second kappa shape index (κ2) is 2.21. The van der Waals surface area contributed by atoms with Crippen LogP contribution in [0.2, 0.25) is 0 Å². The minimum atomic E-state index is 0.285. The number of hydrogen-bond acceptors (Lipinski definition) is 2. The van der Waals surface area contributed by atoms with E-state index in [1.165, 1.54) is 0 Å². The van der Waals surface area contributed by atoms with Crippen molar-refractivity contribution in [2.45, 2.75) is 13.3 Å². The molecule has 0 aromatic heterocycles. The fourth-order valence-corrected chi connectivity index (χ4v) is 0.942. The van der Waals surface area contributed by atoms with Gasteiger partial charge in [-0.2, -0.15) is 0 Å². The van der Waals surface area contributed by atoms with Gasteiger partial charge in [0.1, 0.15) is 0 Å². The maximum Gasteiger partial charge on any atom is 0.161 e. The predicted octanol–water partition coefficient (Wildman–Crippen LogP) is 0.795. The minimum Gasteiger partial charge on any atom is -0.380 e. The third kappa shape index (κ3) is 1.31. The Bertz CT molecular complexity index is 160. The molecule has 1 aliphatic heterocycles. The summed E-state index contributed by atoms with van der Waals surface area (Å²) in [5.74, 6) is 0.285. The van der Waals surface area contributed by atoms with Crippen LogP contribution in [0.1, 0.15) is 13.3 Å². The van der Waals surface area contributed by atoms with Crippen LogP contribution in [-0.4, -0.2) is 24.3 Å². The highest BCUT2D eigenvalue weighted by atomic mass is 16.1. The van der Waals surface area contributed by atoms with E-state index in [1.807, 2.05) is 25.1 Å². The molecule has 50 valence electrons. The van der Waals surface area contributed by atoms with Gasteiger partial charge in [0, 0.05) is 31.8 Å². The Labute approximate surface area is 55.2 Å². The number of nitrogens with zero attached hydrogens (tertiary/aromatic N) is 1. The molecule has 0 radical (unpaired) electrons. The maximum absolute atomic E-state index is 10.8. The average molecular weight is 125 g/mol. The SMILES string of the molecule is CC1=CN(C)CCC1=O. The molecule has 0 unspecified atom stereocenters. The molecule has 9 heavy (non-hydrogen) atoms. The lowest BCUT2D eigenvalue weighted by atomic mass is 10.1. The van der Waals surface area contributed by atoms with Crippen LogP contribution in [0.25, 0.3) is 0 Å². The highest BCUT2D eigenvalue weighted by Crippen LogP contribution is 2.07. The van der Waals surface area contributed by atoms with Gasteiger partial charge in [0.15, 0.2) is 5.78 Å². The molecule has 0 fully saturated rings. The minimum absolute atomic E-state index is 0.285. The van der Waals surface area contributed by atoms with Gasteiger partial charge in [-0.25, -0.2) is 0 Å². The van der Waals surface area contributed by atoms with Crippen molar-refractivity contribution in [1.29, 1.82) is 0 Å². The van der Waals surface area contributed by atoms with Gasteiger partial charge in [-0.1, -0.05) is 0 Å². The molecule has 2 nitrogen and oxygen atoms in total. The second-order valence-electron chi connectivity index (χ2n) is 2.47. The summed E-state index contributed by atoms with van der Waals surface area (Å²) in [7, 11) is 1.98. The molecule has 0 N–H and O–H groups in total. The molecule has 1 aliphatic rings. The summed E-state index contributed by atoms with van der Waals surface area (Å²) in [4.78, 5) is 12.9. The molecule has 2 heteroatoms. The van der Waals surface area contributed by atoms with E-state index < -0.39 is 0 Å². The van der Waals surface area contributed by atoms with E-state index in [2.05, 4.69) is 0 Å². The molecule has 0 aliphatic carbocycles. The Kier molecular flexibility index (Phi) is 1.56. The van der Waals surface area contributed by atoms with Crippen molar-refractivity contribution < 1.29 is 4.79 Å². The highest BCUT2D eigenvalue weighted by molar-refractivity contribution is 5.95. The second-order valence-corrected chi connectivity index (χ2v) is 2.47. The van der Waals surface area contributed by atoms with Gasteiger partial charge in [0.25, 0.3) is 0 Å². The van der Waals surface area contributed by atoms with Gasteiger partial charge in [0.05, 0.1) is 0 Å². The van der Waals surface area contributed by atoms with Crippen LogP contribution in [0.5, 0.6) is 0 Å². The summed E-state index contributed by atoms with van der Waals surface area (Å²) in [5.41, 5.74) is 0.878. The number of hydrogen-bond donors (Lipinski definition) is 0. The molecular weight excluding hydrogens is 114 g/mol. The lowest BCUT2D eigenvalue weighted by Crippen LogP contribution is -2.22. The monoisotopic (exact) mass is 125 g/mol. The quantitative estimate of drug-likeness (QED) is 0.477. The molecule has 1 heterocycles. The predicted molar refractivity (Wildman–Crippen MR) is 36.0 cm³/mol. The molecule has 0 saturated heterocycles. The Hall–Kier alpha value is -0.790. The van der Waals surface area contributed by atoms with Crippen LogP contribution >= 0.6 is 0 Å². The van der Waals surface area contributed by atoms with Crippen molar-refractivity contribution in [2.24, 2.45) is 0 Å². The molecule has 0 saturated carbocycles. The number of Topliss-reactive ketones (excluding diaryl/α,β-unsaturated/α-hetero) is 1. The lowest BCUT2D eigenvalue weighted by Gasteiger charge is -2.19. The van der Waals surface area contributed by atoms with E-state index in [9.17, 15) is 4.79 Å². The molecule has 1 rings (SSSR count). The summed E-state index contributed by atoms with van der Waals surface area (Å²) >= 11 is 0. The van der Waals surface area contributed by atoms with Crippen LogP contribution in [0, 0.1) is 0 Å². The van der Waals surface area contributed by atoms with Crippen molar-refractivity contribution in [3.05, 3.63) is 11.8 Å². The zero-order chi connectivity index (χ0) is 6.85. The van der Waals surface area contributed by atoms with E-state index in [-0.39, 0.29) is 5.78 Å². The first-order valence-electron chi connectivity index (χ1n) is 3.12. The van der Waals surface area contributed by atoms with Crippen LogP contribution in [-0.2, 0) is 4.79 Å². The molecule has 0 bridgehead atoms. The van der Waals surface area contributed by atoms with Gasteiger partial charge in [-0.05, 0) is 6.92 Å². The zero-order valence-electron chi connectivity index (χ0n) is 5.85. The molecule has 0 aromatic carbocycles. The van der Waals surface area contributed by atoms with Crippen LogP contribution in [0.4, 0.5) is 0 Å². The van der Waals surface area contributed by atoms with Crippen molar-refractivity contribution in [1.82, 2.24) is 4.90 Å². The number of carbonyl (C=O) groups is 1. The summed E-state index contributed by atoms with van der Waals surface area (Å²) in [6, 6.07) is 0. The molecule has 0 spiro atoms. The third-order valence-corrected chi connectivity index (χ3v) is 1.55. The van der Waals surface area contributed by atoms with Crippen LogP contribution in [0.15, 0.2) is 11.8 Å². The Balaban J connectivity index is 2.72. The largest absolute Gasteiger partial charge is 0.380 e. The number of rotatable bonds is 0. The van der Waals surface area contributed by atoms with Gasteiger partial charge in [-0.15, -0.1) is 0 Å². The molecular formula is C7H11NO. The number of allylic oxidation sites excluding steroid dienone is 1. The Morgan fingerprint density at radius 2 is 2.33 bits per heavy atom. The Morgan fingerprint density at radius 3 is 2.78 bits per heavy atom. The molecule has 0 amide bonds. The zero-order valence-corrected chi connectivity index (χ0v) is 5.85. The van der Waals surface area contributed by atoms with Gasteiger partial charge in [-0.3, -0.25) is 4.79 Å². The average Bonchev–Trinajstić information content (AvgIpc) is 1.80. The van der Waals surface area contributed by atoms with Crippen molar-refractivity contribution >= 4 is 5.78 Å². The van der Waals surface area contributed by atoms with Crippen molar-refractivity contribution in [2.75, 3.05) is 13.6 Å². The maximum atomic E-state index is 10.8. The molecule has 0 atom stereocenters. The van der Waals surface area contributed by atoms with E-state index in [1.54, 1.807) is 0 Å². The van der Waals surface area contributed by atoms with Crippen LogP contribution in [0.3, 0.4) is 0 Å². The van der Waals surface area contributed by atoms with E-state index in [0.717, 1.165) is 12.1 Å². The number of carbonyl (C=O) groups excluding carboxylic acids is 1. The summed E-state index contributed by atoms with van der Waals surface area (Å²) in [6.07, 6.45) is 2.57. The van der Waals surface area contributed by atoms with Gasteiger partial charge >= 0.3 is 0 Å². The fourth-order valence-electron chi connectivity index (χ4n) is 0.942. The van der Waals surface area contributed by atoms with Gasteiger partial charge < -0.3 is 4.90 Å². The third-order valence-electron chi connectivity index (χ3n) is 1.55.